The molecule has 142 valence electrons. The van der Waals surface area contributed by atoms with E-state index in [2.05, 4.69) is 9.97 Å². The summed E-state index contributed by atoms with van der Waals surface area (Å²) in [5, 5.41) is 11.3. The number of rotatable bonds is 3. The van der Waals surface area contributed by atoms with Gasteiger partial charge in [0.2, 0.25) is 0 Å². The summed E-state index contributed by atoms with van der Waals surface area (Å²) < 4.78 is 5.78. The van der Waals surface area contributed by atoms with Crippen LogP contribution in [0.3, 0.4) is 0 Å². The summed E-state index contributed by atoms with van der Waals surface area (Å²) in [6.07, 6.45) is 1.49. The molecule has 0 fully saturated rings. The van der Waals surface area contributed by atoms with Crippen molar-refractivity contribution in [3.05, 3.63) is 85.5 Å². The summed E-state index contributed by atoms with van der Waals surface area (Å²) in [6.45, 7) is 0. The Labute approximate surface area is 179 Å². The molecule has 0 bridgehead atoms. The summed E-state index contributed by atoms with van der Waals surface area (Å²) in [6, 6.07) is 15.3. The van der Waals surface area contributed by atoms with Gasteiger partial charge in [-0.05, 0) is 48.5 Å². The van der Waals surface area contributed by atoms with E-state index in [1.54, 1.807) is 42.5 Å². The predicted molar refractivity (Wildman–Crippen MR) is 115 cm³/mol. The number of nitrogens with zero attached hydrogens (tertiary/aromatic N) is 2. The van der Waals surface area contributed by atoms with Crippen LogP contribution in [0.5, 0.6) is 0 Å². The second-order valence-corrected chi connectivity index (χ2v) is 7.35. The number of aromatic nitrogens is 2. The number of nitrogens with one attached hydrogen (secondary N) is 1. The van der Waals surface area contributed by atoms with Gasteiger partial charge in [0.15, 0.2) is 5.82 Å². The predicted octanol–water partition coefficient (Wildman–Crippen LogP) is 6.21. The first kappa shape index (κ1) is 19.3. The number of nitriles is 1. The number of hydrogen-bond donors (Lipinski definition) is 1. The third-order valence-corrected chi connectivity index (χ3v) is 4.95. The monoisotopic (exact) mass is 441 g/mol. The fraction of sp³-hybridized carbons (Fsp3) is 0. The smallest absolute Gasteiger partial charge is 0.259 e. The molecule has 0 amide bonds. The quantitative estimate of drug-likeness (QED) is 0.382. The van der Waals surface area contributed by atoms with E-state index >= 15 is 0 Å². The number of halogens is 3. The van der Waals surface area contributed by atoms with Crippen LogP contribution in [-0.2, 0) is 0 Å². The van der Waals surface area contributed by atoms with Crippen LogP contribution in [0, 0.1) is 11.3 Å². The molecule has 0 radical (unpaired) electrons. The molecule has 1 N–H and O–H groups in total. The fourth-order valence-corrected chi connectivity index (χ4v) is 3.35. The third-order valence-electron chi connectivity index (χ3n) is 4.15. The van der Waals surface area contributed by atoms with Crippen molar-refractivity contribution in [3.63, 3.8) is 0 Å². The Hall–Kier alpha value is -3.04. The molecule has 0 saturated heterocycles. The van der Waals surface area contributed by atoms with Crippen LogP contribution in [0.15, 0.2) is 57.7 Å². The molecule has 2 aromatic carbocycles. The van der Waals surface area contributed by atoms with Gasteiger partial charge >= 0.3 is 0 Å². The maximum absolute atomic E-state index is 12.3. The van der Waals surface area contributed by atoms with Gasteiger partial charge in [-0.25, -0.2) is 4.98 Å². The van der Waals surface area contributed by atoms with Gasteiger partial charge in [-0.2, -0.15) is 5.26 Å². The molecule has 0 saturated carbocycles. The van der Waals surface area contributed by atoms with Gasteiger partial charge in [0.1, 0.15) is 17.6 Å². The van der Waals surface area contributed by atoms with Crippen molar-refractivity contribution in [1.82, 2.24) is 9.97 Å². The summed E-state index contributed by atoms with van der Waals surface area (Å²) in [5.74, 6) is 1.02. The molecule has 0 unspecified atom stereocenters. The lowest BCUT2D eigenvalue weighted by atomic mass is 10.2. The van der Waals surface area contributed by atoms with Gasteiger partial charge < -0.3 is 9.40 Å². The van der Waals surface area contributed by atoms with Crippen molar-refractivity contribution < 1.29 is 4.42 Å². The molecule has 2 heterocycles. The minimum Gasteiger partial charge on any atom is -0.457 e. The Balaban J connectivity index is 1.76. The van der Waals surface area contributed by atoms with Gasteiger partial charge in [0.25, 0.3) is 5.56 Å². The highest BCUT2D eigenvalue weighted by atomic mass is 35.5. The molecule has 0 aliphatic rings. The lowest BCUT2D eigenvalue weighted by Gasteiger charge is -2.02. The average molecular weight is 443 g/mol. The first-order valence-electron chi connectivity index (χ1n) is 8.31. The van der Waals surface area contributed by atoms with E-state index in [1.165, 1.54) is 12.1 Å². The number of benzene rings is 2. The molecule has 0 aliphatic carbocycles. The zero-order valence-corrected chi connectivity index (χ0v) is 16.8. The number of H-pyrrole nitrogens is 1. The molecule has 8 heteroatoms. The Kier molecular flexibility index (Phi) is 5.16. The topological polar surface area (TPSA) is 82.7 Å². The minimum absolute atomic E-state index is 0.131. The maximum atomic E-state index is 12.3. The molecule has 5 nitrogen and oxygen atoms in total. The van der Waals surface area contributed by atoms with Crippen molar-refractivity contribution in [1.29, 1.82) is 5.26 Å². The number of allylic oxidation sites excluding steroid dienone is 1. The van der Waals surface area contributed by atoms with E-state index < -0.39 is 0 Å². The molecule has 4 aromatic rings. The molecule has 2 aromatic heterocycles. The molecular weight excluding hydrogens is 433 g/mol. The minimum atomic E-state index is -0.389. The highest BCUT2D eigenvalue weighted by molar-refractivity contribution is 6.35. The largest absolute Gasteiger partial charge is 0.457 e. The third kappa shape index (κ3) is 3.92. The SMILES string of the molecule is N#CC(=Cc1ccc(-c2cc(Cl)ccc2Cl)o1)c1nc2ccc(Cl)cc2c(=O)[nH]1. The number of hydrogen-bond acceptors (Lipinski definition) is 4. The standard InChI is InChI=1S/C21H10Cl3N3O2/c22-12-1-4-17(24)15(8-12)19-6-3-14(29-19)7-11(10-25)20-26-18-5-2-13(23)9-16(18)21(28)27-20/h1-9H,(H,26,27,28). The number of fused-ring (bicyclic) bond motifs is 1. The molecule has 4 rings (SSSR count). The van der Waals surface area contributed by atoms with E-state index in [1.807, 2.05) is 6.07 Å². The number of furan rings is 1. The highest BCUT2D eigenvalue weighted by Gasteiger charge is 2.12. The first-order valence-corrected chi connectivity index (χ1v) is 9.45. The first-order chi connectivity index (χ1) is 13.9. The normalized spacial score (nSPS) is 11.6. The Morgan fingerprint density at radius 2 is 1.83 bits per heavy atom. The van der Waals surface area contributed by atoms with Crippen molar-refractivity contribution in [2.45, 2.75) is 0 Å². The van der Waals surface area contributed by atoms with Crippen LogP contribution in [0.1, 0.15) is 11.6 Å². The van der Waals surface area contributed by atoms with Gasteiger partial charge in [-0.1, -0.05) is 34.8 Å². The summed E-state index contributed by atoms with van der Waals surface area (Å²) in [5.41, 5.74) is 0.808. The van der Waals surface area contributed by atoms with E-state index in [0.29, 0.717) is 43.1 Å². The lowest BCUT2D eigenvalue weighted by molar-refractivity contribution is 0.572. The summed E-state index contributed by atoms with van der Waals surface area (Å²) in [7, 11) is 0. The maximum Gasteiger partial charge on any atom is 0.259 e. The van der Waals surface area contributed by atoms with Crippen LogP contribution in [0.4, 0.5) is 0 Å². The Morgan fingerprint density at radius 3 is 2.62 bits per heavy atom. The molecule has 0 spiro atoms. The average Bonchev–Trinajstić information content (AvgIpc) is 3.17. The number of aromatic amines is 1. The van der Waals surface area contributed by atoms with Crippen LogP contribution in [0.2, 0.25) is 15.1 Å². The van der Waals surface area contributed by atoms with Crippen LogP contribution in [0.25, 0.3) is 33.9 Å². The zero-order valence-electron chi connectivity index (χ0n) is 14.5. The van der Waals surface area contributed by atoms with Gasteiger partial charge in [0, 0.05) is 21.7 Å². The zero-order chi connectivity index (χ0) is 20.5. The van der Waals surface area contributed by atoms with Gasteiger partial charge in [-0.3, -0.25) is 4.79 Å². The van der Waals surface area contributed by atoms with Crippen molar-refractivity contribution >= 4 is 57.4 Å². The van der Waals surface area contributed by atoms with Crippen LogP contribution in [-0.4, -0.2) is 9.97 Å². The Bertz CT molecular complexity index is 1380. The summed E-state index contributed by atoms with van der Waals surface area (Å²) >= 11 is 18.2. The Morgan fingerprint density at radius 1 is 1.07 bits per heavy atom. The van der Waals surface area contributed by atoms with Crippen LogP contribution < -0.4 is 5.56 Å². The van der Waals surface area contributed by atoms with E-state index in [9.17, 15) is 10.1 Å². The summed E-state index contributed by atoms with van der Waals surface area (Å²) in [4.78, 5) is 19.3. The molecule has 29 heavy (non-hydrogen) atoms. The van der Waals surface area contributed by atoms with E-state index in [4.69, 9.17) is 39.2 Å². The van der Waals surface area contributed by atoms with E-state index in [0.717, 1.165) is 0 Å². The van der Waals surface area contributed by atoms with Gasteiger partial charge in [0.05, 0.1) is 21.5 Å². The molecule has 0 atom stereocenters. The van der Waals surface area contributed by atoms with Crippen LogP contribution >= 0.6 is 34.8 Å². The van der Waals surface area contributed by atoms with Crippen molar-refractivity contribution in [2.24, 2.45) is 0 Å². The van der Waals surface area contributed by atoms with E-state index in [-0.39, 0.29) is 17.0 Å². The van der Waals surface area contributed by atoms with Gasteiger partial charge in [-0.15, -0.1) is 0 Å². The fourth-order valence-electron chi connectivity index (χ4n) is 2.80. The van der Waals surface area contributed by atoms with Crippen molar-refractivity contribution in [3.8, 4) is 17.4 Å². The second-order valence-electron chi connectivity index (χ2n) is 6.07. The molecular formula is C21H10Cl3N3O2. The second kappa shape index (κ2) is 7.76. The molecule has 0 aliphatic heterocycles. The highest BCUT2D eigenvalue weighted by Crippen LogP contribution is 2.32. The van der Waals surface area contributed by atoms with Crippen molar-refractivity contribution in [2.75, 3.05) is 0 Å². The lowest BCUT2D eigenvalue weighted by Crippen LogP contribution is -2.11.